The zero-order valence-electron chi connectivity index (χ0n) is 7.84. The van der Waals surface area contributed by atoms with E-state index in [0.29, 0.717) is 18.7 Å². The van der Waals surface area contributed by atoms with Gasteiger partial charge in [0.15, 0.2) is 11.6 Å². The summed E-state index contributed by atoms with van der Waals surface area (Å²) in [5, 5.41) is 8.61. The lowest BCUT2D eigenvalue weighted by molar-refractivity contribution is 0.0690. The highest BCUT2D eigenvalue weighted by molar-refractivity contribution is 5.84. The van der Waals surface area contributed by atoms with Crippen molar-refractivity contribution in [1.82, 2.24) is 4.98 Å². The van der Waals surface area contributed by atoms with Crippen LogP contribution < -0.4 is 0 Å². The minimum absolute atomic E-state index is 0.0653. The second-order valence-corrected chi connectivity index (χ2v) is 3.01. The number of rotatable bonds is 4. The molecule has 78 valence electrons. The average Bonchev–Trinajstić information content (AvgIpc) is 2.86. The van der Waals surface area contributed by atoms with Gasteiger partial charge >= 0.3 is 5.97 Å². The molecule has 0 aliphatic carbocycles. The third kappa shape index (κ3) is 2.25. The number of carboxylic acid groups (broad SMARTS) is 1. The SMILES string of the molecule is O=C(O)c1coc(CCc2ccco2)n1. The van der Waals surface area contributed by atoms with E-state index in [1.165, 1.54) is 0 Å². The molecule has 2 heterocycles. The Balaban J connectivity index is 1.96. The molecule has 0 radical (unpaired) electrons. The van der Waals surface area contributed by atoms with Gasteiger partial charge in [-0.25, -0.2) is 9.78 Å². The van der Waals surface area contributed by atoms with Gasteiger partial charge in [-0.15, -0.1) is 0 Å². The molecular formula is C10H9NO4. The molecule has 1 N–H and O–H groups in total. The summed E-state index contributed by atoms with van der Waals surface area (Å²) in [7, 11) is 0. The van der Waals surface area contributed by atoms with E-state index < -0.39 is 5.97 Å². The molecule has 0 spiro atoms. The molecule has 0 aliphatic rings. The van der Waals surface area contributed by atoms with Gasteiger partial charge in [0.1, 0.15) is 12.0 Å². The van der Waals surface area contributed by atoms with Gasteiger partial charge in [0.05, 0.1) is 6.26 Å². The van der Waals surface area contributed by atoms with Crippen LogP contribution in [0.2, 0.25) is 0 Å². The van der Waals surface area contributed by atoms with E-state index in [-0.39, 0.29) is 5.69 Å². The smallest absolute Gasteiger partial charge is 0.357 e. The first-order valence-corrected chi connectivity index (χ1v) is 4.46. The van der Waals surface area contributed by atoms with Crippen LogP contribution in [-0.2, 0) is 12.8 Å². The fourth-order valence-corrected chi connectivity index (χ4v) is 1.21. The van der Waals surface area contributed by atoms with Crippen LogP contribution in [0.5, 0.6) is 0 Å². The second-order valence-electron chi connectivity index (χ2n) is 3.01. The molecule has 0 bridgehead atoms. The Morgan fingerprint density at radius 1 is 1.40 bits per heavy atom. The van der Waals surface area contributed by atoms with Gasteiger partial charge in [-0.3, -0.25) is 0 Å². The van der Waals surface area contributed by atoms with Crippen molar-refractivity contribution in [1.29, 1.82) is 0 Å². The monoisotopic (exact) mass is 207 g/mol. The van der Waals surface area contributed by atoms with Crippen molar-refractivity contribution in [3.05, 3.63) is 42.0 Å². The van der Waals surface area contributed by atoms with Crippen molar-refractivity contribution >= 4 is 5.97 Å². The van der Waals surface area contributed by atoms with E-state index in [4.69, 9.17) is 13.9 Å². The van der Waals surface area contributed by atoms with Crippen molar-refractivity contribution < 1.29 is 18.7 Å². The zero-order valence-corrected chi connectivity index (χ0v) is 7.84. The predicted octanol–water partition coefficient (Wildman–Crippen LogP) is 1.75. The number of carbonyl (C=O) groups is 1. The lowest BCUT2D eigenvalue weighted by atomic mass is 10.2. The summed E-state index contributed by atoms with van der Waals surface area (Å²) in [6.07, 6.45) is 3.90. The van der Waals surface area contributed by atoms with Gasteiger partial charge < -0.3 is 13.9 Å². The van der Waals surface area contributed by atoms with Gasteiger partial charge in [-0.1, -0.05) is 0 Å². The topological polar surface area (TPSA) is 76.5 Å². The lowest BCUT2D eigenvalue weighted by Crippen LogP contribution is -1.97. The lowest BCUT2D eigenvalue weighted by Gasteiger charge is -1.91. The highest BCUT2D eigenvalue weighted by Crippen LogP contribution is 2.08. The first-order chi connectivity index (χ1) is 7.25. The van der Waals surface area contributed by atoms with Crippen molar-refractivity contribution in [2.45, 2.75) is 12.8 Å². The fourth-order valence-electron chi connectivity index (χ4n) is 1.21. The molecular weight excluding hydrogens is 198 g/mol. The summed E-state index contributed by atoms with van der Waals surface area (Å²) in [5.74, 6) is 0.150. The maximum Gasteiger partial charge on any atom is 0.357 e. The van der Waals surface area contributed by atoms with Crippen LogP contribution in [0.1, 0.15) is 22.1 Å². The number of oxazole rings is 1. The quantitative estimate of drug-likeness (QED) is 0.826. The molecule has 0 amide bonds. The first kappa shape index (κ1) is 9.51. The van der Waals surface area contributed by atoms with Gasteiger partial charge in [0.2, 0.25) is 0 Å². The van der Waals surface area contributed by atoms with Gasteiger partial charge in [0.25, 0.3) is 0 Å². The molecule has 2 aromatic heterocycles. The minimum Gasteiger partial charge on any atom is -0.476 e. The second kappa shape index (κ2) is 4.00. The van der Waals surface area contributed by atoms with Gasteiger partial charge in [-0.2, -0.15) is 0 Å². The first-order valence-electron chi connectivity index (χ1n) is 4.46. The number of hydrogen-bond acceptors (Lipinski definition) is 4. The number of aromatic carboxylic acids is 1. The van der Waals surface area contributed by atoms with E-state index in [1.54, 1.807) is 12.3 Å². The molecule has 5 nitrogen and oxygen atoms in total. The summed E-state index contributed by atoms with van der Waals surface area (Å²) in [6, 6.07) is 3.65. The fraction of sp³-hybridized carbons (Fsp3) is 0.200. The molecule has 0 aromatic carbocycles. The normalized spacial score (nSPS) is 10.4. The third-order valence-electron chi connectivity index (χ3n) is 1.94. The average molecular weight is 207 g/mol. The van der Waals surface area contributed by atoms with Crippen LogP contribution in [0.15, 0.2) is 33.5 Å². The largest absolute Gasteiger partial charge is 0.476 e. The van der Waals surface area contributed by atoms with Crippen LogP contribution >= 0.6 is 0 Å². The number of furan rings is 1. The maximum absolute atomic E-state index is 10.5. The van der Waals surface area contributed by atoms with Crippen LogP contribution in [0.3, 0.4) is 0 Å². The van der Waals surface area contributed by atoms with Crippen LogP contribution in [-0.4, -0.2) is 16.1 Å². The Kier molecular flexibility index (Phi) is 2.53. The van der Waals surface area contributed by atoms with E-state index in [9.17, 15) is 4.79 Å². The Hall–Kier alpha value is -2.04. The highest BCUT2D eigenvalue weighted by atomic mass is 16.4. The van der Waals surface area contributed by atoms with Crippen molar-refractivity contribution in [3.63, 3.8) is 0 Å². The summed E-state index contributed by atoms with van der Waals surface area (Å²) in [4.78, 5) is 14.3. The molecule has 2 aromatic rings. The molecule has 0 fully saturated rings. The van der Waals surface area contributed by atoms with Crippen LogP contribution in [0.4, 0.5) is 0 Å². The Bertz CT molecular complexity index is 444. The van der Waals surface area contributed by atoms with Gasteiger partial charge in [0, 0.05) is 12.8 Å². The summed E-state index contributed by atoms with van der Waals surface area (Å²) < 4.78 is 10.1. The Morgan fingerprint density at radius 2 is 2.27 bits per heavy atom. The summed E-state index contributed by atoms with van der Waals surface area (Å²) in [5.41, 5.74) is -0.0653. The molecule has 0 unspecified atom stereocenters. The predicted molar refractivity (Wildman–Crippen MR) is 49.6 cm³/mol. The van der Waals surface area contributed by atoms with E-state index >= 15 is 0 Å². The van der Waals surface area contributed by atoms with E-state index in [1.807, 2.05) is 6.07 Å². The van der Waals surface area contributed by atoms with Crippen molar-refractivity contribution in [3.8, 4) is 0 Å². The standard InChI is InChI=1S/C10H9NO4/c12-10(13)8-6-15-9(11-8)4-3-7-2-1-5-14-7/h1-2,5-6H,3-4H2,(H,12,13). The molecule has 15 heavy (non-hydrogen) atoms. The van der Waals surface area contributed by atoms with E-state index in [2.05, 4.69) is 4.98 Å². The number of nitrogens with zero attached hydrogens (tertiary/aromatic N) is 1. The summed E-state index contributed by atoms with van der Waals surface area (Å²) in [6.45, 7) is 0. The highest BCUT2D eigenvalue weighted by Gasteiger charge is 2.10. The minimum atomic E-state index is -1.08. The van der Waals surface area contributed by atoms with Gasteiger partial charge in [-0.05, 0) is 12.1 Å². The van der Waals surface area contributed by atoms with Crippen molar-refractivity contribution in [2.24, 2.45) is 0 Å². The molecule has 0 atom stereocenters. The molecule has 0 aliphatic heterocycles. The van der Waals surface area contributed by atoms with Crippen LogP contribution in [0, 0.1) is 0 Å². The molecule has 0 saturated carbocycles. The number of hydrogen-bond donors (Lipinski definition) is 1. The van der Waals surface area contributed by atoms with Crippen LogP contribution in [0.25, 0.3) is 0 Å². The molecule has 0 saturated heterocycles. The third-order valence-corrected chi connectivity index (χ3v) is 1.94. The number of carboxylic acids is 1. The maximum atomic E-state index is 10.5. The Morgan fingerprint density at radius 3 is 2.87 bits per heavy atom. The number of aryl methyl sites for hydroxylation is 2. The van der Waals surface area contributed by atoms with E-state index in [0.717, 1.165) is 12.0 Å². The number of aromatic nitrogens is 1. The molecule has 5 heteroatoms. The Labute approximate surface area is 85.3 Å². The summed E-state index contributed by atoms with van der Waals surface area (Å²) >= 11 is 0. The zero-order chi connectivity index (χ0) is 10.7. The molecule has 2 rings (SSSR count). The van der Waals surface area contributed by atoms with Crippen molar-refractivity contribution in [2.75, 3.05) is 0 Å².